The Morgan fingerprint density at radius 3 is 2.48 bits per heavy atom. The Kier molecular flexibility index (Phi) is 3.55. The van der Waals surface area contributed by atoms with Crippen LogP contribution in [0, 0.1) is 11.8 Å². The monoisotopic (exact) mass is 285 g/mol. The summed E-state index contributed by atoms with van der Waals surface area (Å²) in [4.78, 5) is 2.71. The van der Waals surface area contributed by atoms with E-state index in [0.29, 0.717) is 11.8 Å². The van der Waals surface area contributed by atoms with Gasteiger partial charge in [0, 0.05) is 25.0 Å². The van der Waals surface area contributed by atoms with Crippen LogP contribution in [-0.4, -0.2) is 29.1 Å². The van der Waals surface area contributed by atoms with Gasteiger partial charge in [-0.2, -0.15) is 0 Å². The van der Waals surface area contributed by atoms with Gasteiger partial charge in [0.15, 0.2) is 0 Å². The van der Waals surface area contributed by atoms with Crippen LogP contribution in [0.25, 0.3) is 0 Å². The van der Waals surface area contributed by atoms with Crippen LogP contribution in [0.2, 0.25) is 0 Å². The van der Waals surface area contributed by atoms with Crippen molar-refractivity contribution in [2.75, 3.05) is 13.1 Å². The molecule has 2 aliphatic carbocycles. The Bertz CT molecular complexity index is 482. The number of hydrogen-bond donors (Lipinski definition) is 1. The van der Waals surface area contributed by atoms with Crippen molar-refractivity contribution in [3.05, 3.63) is 35.9 Å². The molecule has 4 rings (SSSR count). The van der Waals surface area contributed by atoms with Gasteiger partial charge in [-0.15, -0.1) is 0 Å². The Hall–Kier alpha value is -0.860. The maximum absolute atomic E-state index is 11.4. The van der Waals surface area contributed by atoms with Crippen molar-refractivity contribution in [1.82, 2.24) is 4.90 Å². The van der Waals surface area contributed by atoms with E-state index in [1.807, 2.05) is 6.07 Å². The van der Waals surface area contributed by atoms with Gasteiger partial charge in [-0.1, -0.05) is 43.2 Å². The fourth-order valence-electron chi connectivity index (χ4n) is 5.21. The molecule has 3 aliphatic rings. The van der Waals surface area contributed by atoms with Crippen molar-refractivity contribution in [1.29, 1.82) is 0 Å². The van der Waals surface area contributed by atoms with Crippen LogP contribution in [0.4, 0.5) is 0 Å². The van der Waals surface area contributed by atoms with Crippen molar-refractivity contribution in [2.24, 2.45) is 11.8 Å². The van der Waals surface area contributed by atoms with E-state index in [4.69, 9.17) is 0 Å². The highest BCUT2D eigenvalue weighted by Gasteiger charge is 2.50. The predicted molar refractivity (Wildman–Crippen MR) is 85.0 cm³/mol. The zero-order valence-electron chi connectivity index (χ0n) is 12.9. The smallest absolute Gasteiger partial charge is 0.0939 e. The first-order valence-electron chi connectivity index (χ1n) is 8.79. The lowest BCUT2D eigenvalue weighted by atomic mass is 9.67. The summed E-state index contributed by atoms with van der Waals surface area (Å²) in [7, 11) is 0. The zero-order chi connectivity index (χ0) is 14.3. The molecule has 0 spiro atoms. The van der Waals surface area contributed by atoms with Gasteiger partial charge in [-0.25, -0.2) is 0 Å². The summed E-state index contributed by atoms with van der Waals surface area (Å²) >= 11 is 0. The number of fused-ring (bicyclic) bond motifs is 1. The third-order valence-electron chi connectivity index (χ3n) is 6.33. The minimum absolute atomic E-state index is 0.439. The molecule has 2 saturated carbocycles. The molecule has 0 unspecified atom stereocenters. The largest absolute Gasteiger partial charge is 0.385 e. The van der Waals surface area contributed by atoms with E-state index in [0.717, 1.165) is 24.6 Å². The molecule has 0 aromatic heterocycles. The van der Waals surface area contributed by atoms with Crippen LogP contribution < -0.4 is 0 Å². The van der Waals surface area contributed by atoms with Crippen LogP contribution in [-0.2, 0) is 5.60 Å². The Morgan fingerprint density at radius 2 is 1.71 bits per heavy atom. The second-order valence-corrected chi connectivity index (χ2v) is 7.44. The molecular formula is C19H27NO. The maximum Gasteiger partial charge on any atom is 0.0939 e. The molecule has 1 N–H and O–H groups in total. The molecule has 114 valence electrons. The number of rotatable bonds is 2. The standard InChI is InChI=1S/C19H27NO/c21-19(16-8-2-1-3-9-16)12-6-7-15-13-20(14-18(15)19)17-10-4-5-11-17/h1-3,8-9,15,17-18,21H,4-7,10-14H2/t15-,18+,19+/m1/s1. The summed E-state index contributed by atoms with van der Waals surface area (Å²) < 4.78 is 0. The van der Waals surface area contributed by atoms with Gasteiger partial charge in [0.2, 0.25) is 0 Å². The minimum atomic E-state index is -0.586. The summed E-state index contributed by atoms with van der Waals surface area (Å²) in [5.74, 6) is 1.14. The first-order valence-corrected chi connectivity index (χ1v) is 8.79. The maximum atomic E-state index is 11.4. The molecule has 1 saturated heterocycles. The van der Waals surface area contributed by atoms with Crippen molar-refractivity contribution in [2.45, 2.75) is 56.6 Å². The highest BCUT2D eigenvalue weighted by atomic mass is 16.3. The second kappa shape index (κ2) is 5.40. The summed E-state index contributed by atoms with van der Waals surface area (Å²) in [5, 5.41) is 11.4. The van der Waals surface area contributed by atoms with E-state index in [9.17, 15) is 5.11 Å². The Labute approximate surface area is 128 Å². The molecule has 0 amide bonds. The summed E-state index contributed by atoms with van der Waals surface area (Å²) in [6, 6.07) is 11.2. The highest BCUT2D eigenvalue weighted by molar-refractivity contribution is 5.25. The van der Waals surface area contributed by atoms with Crippen molar-refractivity contribution >= 4 is 0 Å². The van der Waals surface area contributed by atoms with E-state index in [1.165, 1.54) is 45.1 Å². The normalized spacial score (nSPS) is 37.8. The Balaban J connectivity index is 1.59. The lowest BCUT2D eigenvalue weighted by Gasteiger charge is -2.41. The topological polar surface area (TPSA) is 23.5 Å². The van der Waals surface area contributed by atoms with Gasteiger partial charge in [0.05, 0.1) is 5.60 Å². The minimum Gasteiger partial charge on any atom is -0.385 e. The number of nitrogens with zero attached hydrogens (tertiary/aromatic N) is 1. The molecule has 2 nitrogen and oxygen atoms in total. The molecule has 1 aliphatic heterocycles. The molecule has 3 fully saturated rings. The summed E-state index contributed by atoms with van der Waals surface area (Å²) in [6.45, 7) is 2.34. The van der Waals surface area contributed by atoms with Crippen LogP contribution in [0.3, 0.4) is 0 Å². The van der Waals surface area contributed by atoms with Crippen LogP contribution in [0.15, 0.2) is 30.3 Å². The number of benzene rings is 1. The fraction of sp³-hybridized carbons (Fsp3) is 0.684. The van der Waals surface area contributed by atoms with Crippen LogP contribution in [0.5, 0.6) is 0 Å². The van der Waals surface area contributed by atoms with Crippen molar-refractivity contribution < 1.29 is 5.11 Å². The van der Waals surface area contributed by atoms with E-state index < -0.39 is 5.60 Å². The highest BCUT2D eigenvalue weighted by Crippen LogP contribution is 2.49. The van der Waals surface area contributed by atoms with E-state index in [2.05, 4.69) is 29.2 Å². The Morgan fingerprint density at radius 1 is 0.952 bits per heavy atom. The average Bonchev–Trinajstić information content (AvgIpc) is 3.18. The molecule has 1 heterocycles. The van der Waals surface area contributed by atoms with Gasteiger partial charge in [-0.05, 0) is 43.6 Å². The van der Waals surface area contributed by atoms with E-state index >= 15 is 0 Å². The van der Waals surface area contributed by atoms with Gasteiger partial charge < -0.3 is 5.11 Å². The van der Waals surface area contributed by atoms with Crippen molar-refractivity contribution in [3.63, 3.8) is 0 Å². The third-order valence-corrected chi connectivity index (χ3v) is 6.33. The molecule has 1 aromatic carbocycles. The first kappa shape index (κ1) is 13.8. The first-order chi connectivity index (χ1) is 10.3. The summed E-state index contributed by atoms with van der Waals surface area (Å²) in [5.41, 5.74) is 0.560. The van der Waals surface area contributed by atoms with Crippen LogP contribution in [0.1, 0.15) is 50.5 Å². The van der Waals surface area contributed by atoms with Gasteiger partial charge >= 0.3 is 0 Å². The molecular weight excluding hydrogens is 258 g/mol. The molecule has 2 heteroatoms. The molecule has 0 bridgehead atoms. The molecule has 1 aromatic rings. The van der Waals surface area contributed by atoms with E-state index in [1.54, 1.807) is 0 Å². The number of likely N-dealkylation sites (tertiary alicyclic amines) is 1. The van der Waals surface area contributed by atoms with E-state index in [-0.39, 0.29) is 0 Å². The zero-order valence-corrected chi connectivity index (χ0v) is 12.9. The fourth-order valence-corrected chi connectivity index (χ4v) is 5.21. The second-order valence-electron chi connectivity index (χ2n) is 7.44. The van der Waals surface area contributed by atoms with Gasteiger partial charge in [0.25, 0.3) is 0 Å². The average molecular weight is 285 g/mol. The molecule has 3 atom stereocenters. The SMILES string of the molecule is O[C@]1(c2ccccc2)CCC[C@@H]2CN(C3CCCC3)C[C@@H]21. The molecule has 0 radical (unpaired) electrons. The van der Waals surface area contributed by atoms with Gasteiger partial charge in [-0.3, -0.25) is 4.90 Å². The van der Waals surface area contributed by atoms with Crippen molar-refractivity contribution in [3.8, 4) is 0 Å². The third kappa shape index (κ3) is 2.33. The quantitative estimate of drug-likeness (QED) is 0.898. The summed E-state index contributed by atoms with van der Waals surface area (Å²) in [6.07, 6.45) is 8.98. The molecule has 21 heavy (non-hydrogen) atoms. The van der Waals surface area contributed by atoms with Crippen LogP contribution >= 0.6 is 0 Å². The van der Waals surface area contributed by atoms with Gasteiger partial charge in [0.1, 0.15) is 0 Å². The lowest BCUT2D eigenvalue weighted by molar-refractivity contribution is -0.0651. The number of aliphatic hydroxyl groups is 1. The number of hydrogen-bond acceptors (Lipinski definition) is 2. The predicted octanol–water partition coefficient (Wildman–Crippen LogP) is 3.55. The lowest BCUT2D eigenvalue weighted by Crippen LogP contribution is -2.43.